The second-order valence-corrected chi connectivity index (χ2v) is 7.05. The molecule has 0 heterocycles. The normalized spacial score (nSPS) is 10.0. The van der Waals surface area contributed by atoms with Crippen molar-refractivity contribution in [2.24, 2.45) is 0 Å². The van der Waals surface area contributed by atoms with Crippen LogP contribution >= 0.6 is 11.8 Å². The van der Waals surface area contributed by atoms with Crippen LogP contribution in [0.2, 0.25) is 0 Å². The van der Waals surface area contributed by atoms with Crippen LogP contribution in [0.25, 0.3) is 0 Å². The predicted molar refractivity (Wildman–Crippen MR) is 114 cm³/mol. The van der Waals surface area contributed by atoms with E-state index in [1.165, 1.54) is 11.8 Å². The number of carbonyl (C=O) groups excluding carboxylic acids is 3. The fourth-order valence-electron chi connectivity index (χ4n) is 2.47. The Morgan fingerprint density at radius 3 is 2.50 bits per heavy atom. The van der Waals surface area contributed by atoms with E-state index in [9.17, 15) is 14.4 Å². The molecule has 30 heavy (non-hydrogen) atoms. The summed E-state index contributed by atoms with van der Waals surface area (Å²) in [5, 5.41) is 11.4. The van der Waals surface area contributed by atoms with E-state index in [1.54, 1.807) is 48.5 Å². The smallest absolute Gasteiger partial charge is 0.306 e. The van der Waals surface area contributed by atoms with Crippen molar-refractivity contribution < 1.29 is 23.9 Å². The number of rotatable bonds is 11. The van der Waals surface area contributed by atoms with Crippen molar-refractivity contribution in [2.75, 3.05) is 24.3 Å². The Bertz CT molecular complexity index is 922. The molecule has 0 aliphatic carbocycles. The summed E-state index contributed by atoms with van der Waals surface area (Å²) in [5.74, 6) is -0.387. The van der Waals surface area contributed by atoms with Gasteiger partial charge in [-0.15, -0.1) is 11.8 Å². The molecule has 2 aromatic rings. The number of amides is 1. The summed E-state index contributed by atoms with van der Waals surface area (Å²) in [5.41, 5.74) is 1.03. The topological polar surface area (TPSA) is 105 Å². The summed E-state index contributed by atoms with van der Waals surface area (Å²) in [6, 6.07) is 15.8. The van der Waals surface area contributed by atoms with Crippen molar-refractivity contribution in [1.29, 1.82) is 5.26 Å². The highest BCUT2D eigenvalue weighted by Crippen LogP contribution is 2.26. The van der Waals surface area contributed by atoms with Crippen LogP contribution in [0, 0.1) is 11.3 Å². The largest absolute Gasteiger partial charge is 0.494 e. The molecule has 156 valence electrons. The van der Waals surface area contributed by atoms with Crippen LogP contribution in [-0.2, 0) is 14.3 Å². The minimum absolute atomic E-state index is 0.0118. The highest BCUT2D eigenvalue weighted by atomic mass is 32.2. The number of nitrogens with zero attached hydrogens (tertiary/aromatic N) is 1. The third kappa shape index (κ3) is 7.60. The molecular weight excluding hydrogens is 404 g/mol. The van der Waals surface area contributed by atoms with Crippen molar-refractivity contribution in [1.82, 2.24) is 0 Å². The first-order valence-corrected chi connectivity index (χ1v) is 10.3. The van der Waals surface area contributed by atoms with Gasteiger partial charge in [0, 0.05) is 16.9 Å². The second kappa shape index (κ2) is 12.3. The van der Waals surface area contributed by atoms with E-state index in [1.807, 2.05) is 13.0 Å². The number of Topliss-reactive ketones (excluding diaryl/α,β-unsaturated/α-hetero) is 1. The molecule has 0 bridgehead atoms. The Kier molecular flexibility index (Phi) is 9.42. The molecule has 0 saturated heterocycles. The summed E-state index contributed by atoms with van der Waals surface area (Å²) in [4.78, 5) is 36.8. The highest BCUT2D eigenvalue weighted by Gasteiger charge is 2.13. The maximum atomic E-state index is 12.2. The molecule has 7 nitrogen and oxygen atoms in total. The van der Waals surface area contributed by atoms with Crippen LogP contribution in [0.1, 0.15) is 30.1 Å². The van der Waals surface area contributed by atoms with E-state index in [-0.39, 0.29) is 24.4 Å². The summed E-state index contributed by atoms with van der Waals surface area (Å²) in [6.45, 7) is 1.96. The molecule has 8 heteroatoms. The minimum atomic E-state index is -0.628. The van der Waals surface area contributed by atoms with Gasteiger partial charge in [0.15, 0.2) is 12.4 Å². The molecule has 0 saturated carbocycles. The first-order valence-electron chi connectivity index (χ1n) is 9.33. The maximum Gasteiger partial charge on any atom is 0.306 e. The van der Waals surface area contributed by atoms with E-state index in [4.69, 9.17) is 14.7 Å². The SMILES string of the molecule is CCOc1ccc(C(=O)CCC(=O)OCC(=O)Nc2ccccc2SCC#N)cc1. The number of carbonyl (C=O) groups is 3. The molecule has 0 aliphatic heterocycles. The highest BCUT2D eigenvalue weighted by molar-refractivity contribution is 7.99. The van der Waals surface area contributed by atoms with Gasteiger partial charge >= 0.3 is 5.97 Å². The Hall–Kier alpha value is -3.31. The maximum absolute atomic E-state index is 12.2. The van der Waals surface area contributed by atoms with Crippen LogP contribution in [0.3, 0.4) is 0 Å². The summed E-state index contributed by atoms with van der Waals surface area (Å²) < 4.78 is 10.3. The van der Waals surface area contributed by atoms with E-state index >= 15 is 0 Å². The number of para-hydroxylation sites is 1. The van der Waals surface area contributed by atoms with Crippen LogP contribution < -0.4 is 10.1 Å². The molecule has 0 aromatic heterocycles. The summed E-state index contributed by atoms with van der Waals surface area (Å²) in [6.07, 6.45) is -0.129. The van der Waals surface area contributed by atoms with Crippen molar-refractivity contribution in [3.63, 3.8) is 0 Å². The fraction of sp³-hybridized carbons (Fsp3) is 0.273. The Labute approximate surface area is 179 Å². The quantitative estimate of drug-likeness (QED) is 0.330. The monoisotopic (exact) mass is 426 g/mol. The van der Waals surface area contributed by atoms with Gasteiger partial charge in [-0.1, -0.05) is 12.1 Å². The standard InChI is InChI=1S/C22H22N2O5S/c1-2-28-17-9-7-16(8-10-17)19(25)11-12-22(27)29-15-21(26)24-18-5-3-4-6-20(18)30-14-13-23/h3-10H,2,11-12,14-15H2,1H3,(H,24,26). The lowest BCUT2D eigenvalue weighted by atomic mass is 10.1. The van der Waals surface area contributed by atoms with E-state index in [2.05, 4.69) is 5.32 Å². The van der Waals surface area contributed by atoms with Gasteiger partial charge in [-0.2, -0.15) is 5.26 Å². The van der Waals surface area contributed by atoms with Crippen LogP contribution in [-0.4, -0.2) is 36.6 Å². The van der Waals surface area contributed by atoms with Gasteiger partial charge in [0.1, 0.15) is 5.75 Å². The van der Waals surface area contributed by atoms with Gasteiger partial charge < -0.3 is 14.8 Å². The molecule has 0 aliphatic rings. The van der Waals surface area contributed by atoms with Gasteiger partial charge in [0.25, 0.3) is 5.91 Å². The first kappa shape index (κ1) is 23.0. The number of benzene rings is 2. The van der Waals surface area contributed by atoms with Crippen molar-refractivity contribution in [3.05, 3.63) is 54.1 Å². The number of ether oxygens (including phenoxy) is 2. The van der Waals surface area contributed by atoms with Crippen LogP contribution in [0.5, 0.6) is 5.75 Å². The lowest BCUT2D eigenvalue weighted by Gasteiger charge is -2.10. The van der Waals surface area contributed by atoms with Gasteiger partial charge in [0.05, 0.1) is 30.5 Å². The zero-order valence-electron chi connectivity index (χ0n) is 16.6. The number of hydrogen-bond acceptors (Lipinski definition) is 7. The molecule has 0 atom stereocenters. The summed E-state index contributed by atoms with van der Waals surface area (Å²) in [7, 11) is 0. The molecule has 0 spiro atoms. The first-order chi connectivity index (χ1) is 14.5. The number of ketones is 1. The predicted octanol–water partition coefficient (Wildman–Crippen LogP) is 3.85. The van der Waals surface area contributed by atoms with Gasteiger partial charge in [0.2, 0.25) is 0 Å². The average Bonchev–Trinajstić information content (AvgIpc) is 2.76. The van der Waals surface area contributed by atoms with Gasteiger partial charge in [-0.25, -0.2) is 0 Å². The number of nitriles is 1. The lowest BCUT2D eigenvalue weighted by Crippen LogP contribution is -2.21. The number of thioether (sulfide) groups is 1. The van der Waals surface area contributed by atoms with Crippen molar-refractivity contribution in [2.45, 2.75) is 24.7 Å². The lowest BCUT2D eigenvalue weighted by molar-refractivity contribution is -0.147. The Balaban J connectivity index is 1.76. The Morgan fingerprint density at radius 2 is 1.80 bits per heavy atom. The van der Waals surface area contributed by atoms with E-state index < -0.39 is 18.5 Å². The second-order valence-electron chi connectivity index (χ2n) is 6.03. The zero-order chi connectivity index (χ0) is 21.8. The average molecular weight is 426 g/mol. The van der Waals surface area contributed by atoms with E-state index in [0.717, 1.165) is 4.90 Å². The van der Waals surface area contributed by atoms with Gasteiger partial charge in [-0.05, 0) is 43.3 Å². The van der Waals surface area contributed by atoms with Crippen molar-refractivity contribution in [3.8, 4) is 11.8 Å². The zero-order valence-corrected chi connectivity index (χ0v) is 17.4. The number of anilines is 1. The fourth-order valence-corrected chi connectivity index (χ4v) is 3.14. The molecular formula is C22H22N2O5S. The molecule has 0 unspecified atom stereocenters. The van der Waals surface area contributed by atoms with Crippen LogP contribution in [0.15, 0.2) is 53.4 Å². The third-order valence-corrected chi connectivity index (χ3v) is 4.80. The minimum Gasteiger partial charge on any atom is -0.494 e. The third-order valence-electron chi connectivity index (χ3n) is 3.86. The number of esters is 1. The molecule has 2 rings (SSSR count). The molecule has 0 radical (unpaired) electrons. The molecule has 0 fully saturated rings. The molecule has 1 amide bonds. The molecule has 1 N–H and O–H groups in total. The number of hydrogen-bond donors (Lipinski definition) is 1. The van der Waals surface area contributed by atoms with Crippen molar-refractivity contribution >= 4 is 35.1 Å². The van der Waals surface area contributed by atoms with E-state index in [0.29, 0.717) is 23.6 Å². The van der Waals surface area contributed by atoms with Gasteiger partial charge in [-0.3, -0.25) is 14.4 Å². The molecule has 2 aromatic carbocycles. The van der Waals surface area contributed by atoms with Crippen LogP contribution in [0.4, 0.5) is 5.69 Å². The summed E-state index contributed by atoms with van der Waals surface area (Å²) >= 11 is 1.30. The number of nitrogens with one attached hydrogen (secondary N) is 1. The Morgan fingerprint density at radius 1 is 1.07 bits per heavy atom.